The number of amides is 3. The lowest BCUT2D eigenvalue weighted by Crippen LogP contribution is -2.45. The summed E-state index contributed by atoms with van der Waals surface area (Å²) in [6.45, 7) is 6.99. The first-order valence-electron chi connectivity index (χ1n) is 15.3. The third-order valence-corrected chi connectivity index (χ3v) is 8.51. The molecule has 3 aromatic rings. The molecule has 2 aromatic carbocycles. The number of carbonyl (C=O) groups excluding carboxylic acids is 2. The van der Waals surface area contributed by atoms with Gasteiger partial charge in [-0.25, -0.2) is 14.8 Å². The van der Waals surface area contributed by atoms with E-state index < -0.39 is 17.8 Å². The Bertz CT molecular complexity index is 1560. The zero-order chi connectivity index (χ0) is 31.6. The molecule has 0 bridgehead atoms. The first kappa shape index (κ1) is 30.8. The molecule has 2 fully saturated rings. The summed E-state index contributed by atoms with van der Waals surface area (Å²) in [6.07, 6.45) is -0.890. The highest BCUT2D eigenvalue weighted by Gasteiger charge is 2.35. The van der Waals surface area contributed by atoms with Crippen LogP contribution in [0.4, 0.5) is 29.5 Å². The summed E-state index contributed by atoms with van der Waals surface area (Å²) in [5.74, 6) is 1.07. The molecular formula is C32H36F3N7O3. The van der Waals surface area contributed by atoms with E-state index in [-0.39, 0.29) is 42.0 Å². The normalized spacial score (nSPS) is 17.5. The molecule has 3 amide bonds. The third kappa shape index (κ3) is 7.71. The quantitative estimate of drug-likeness (QED) is 0.348. The van der Waals surface area contributed by atoms with Crippen molar-refractivity contribution >= 4 is 23.4 Å². The average Bonchev–Trinajstić information content (AvgIpc) is 3.88. The predicted octanol–water partition coefficient (Wildman–Crippen LogP) is 5.36. The molecule has 13 heteroatoms. The highest BCUT2D eigenvalue weighted by molar-refractivity contribution is 5.93. The van der Waals surface area contributed by atoms with Crippen LogP contribution in [0.5, 0.6) is 11.6 Å². The highest BCUT2D eigenvalue weighted by atomic mass is 19.4. The molecule has 0 unspecified atom stereocenters. The summed E-state index contributed by atoms with van der Waals surface area (Å²) < 4.78 is 48.1. The van der Waals surface area contributed by atoms with Gasteiger partial charge in [-0.1, -0.05) is 19.1 Å². The van der Waals surface area contributed by atoms with E-state index >= 15 is 0 Å². The standard InChI is InChI=1S/C32H36F3N7O3/c1-2-40-11-13-41(14-12-40)18-23-5-7-25(16-27(23)32(33,34)35)38-31(44)42-10-9-21-6-8-26(15-24(21)19-42)45-29-17-28(36-20-37-29)39-30(43)22-3-4-22/h5-8,15-17,20,22H,2-4,9-14,18-19H2,1H3,(H,38,44)(H,36,37,39,43). The minimum absolute atomic E-state index is 0.0353. The average molecular weight is 624 g/mol. The van der Waals surface area contributed by atoms with Crippen molar-refractivity contribution in [3.8, 4) is 11.6 Å². The molecule has 1 aromatic heterocycles. The Hall–Kier alpha value is -4.23. The summed E-state index contributed by atoms with van der Waals surface area (Å²) >= 11 is 0. The van der Waals surface area contributed by atoms with Crippen molar-refractivity contribution in [2.75, 3.05) is 49.9 Å². The lowest BCUT2D eigenvalue weighted by Gasteiger charge is -2.34. The molecule has 3 aliphatic rings. The van der Waals surface area contributed by atoms with E-state index in [1.807, 2.05) is 23.1 Å². The fourth-order valence-electron chi connectivity index (χ4n) is 5.69. The number of hydrogen-bond donors (Lipinski definition) is 2. The number of aromatic nitrogens is 2. The first-order valence-corrected chi connectivity index (χ1v) is 15.3. The Morgan fingerprint density at radius 1 is 0.933 bits per heavy atom. The number of nitrogens with zero attached hydrogens (tertiary/aromatic N) is 5. The van der Waals surface area contributed by atoms with Gasteiger partial charge in [-0.3, -0.25) is 9.69 Å². The fourth-order valence-corrected chi connectivity index (χ4v) is 5.69. The van der Waals surface area contributed by atoms with Crippen molar-refractivity contribution in [3.63, 3.8) is 0 Å². The number of alkyl halides is 3. The Balaban J connectivity index is 1.09. The molecule has 238 valence electrons. The topological polar surface area (TPSA) is 103 Å². The van der Waals surface area contributed by atoms with Crippen LogP contribution in [0.1, 0.15) is 42.0 Å². The van der Waals surface area contributed by atoms with Crippen LogP contribution in [0.3, 0.4) is 0 Å². The molecule has 3 heterocycles. The predicted molar refractivity (Wildman–Crippen MR) is 162 cm³/mol. The monoisotopic (exact) mass is 623 g/mol. The van der Waals surface area contributed by atoms with E-state index in [0.717, 1.165) is 49.7 Å². The molecule has 0 spiro atoms. The van der Waals surface area contributed by atoms with E-state index in [9.17, 15) is 22.8 Å². The van der Waals surface area contributed by atoms with E-state index in [1.54, 1.807) is 11.0 Å². The second-order valence-corrected chi connectivity index (χ2v) is 11.7. The Morgan fingerprint density at radius 2 is 1.71 bits per heavy atom. The van der Waals surface area contributed by atoms with Crippen molar-refractivity contribution in [1.82, 2.24) is 24.7 Å². The molecule has 1 saturated heterocycles. The van der Waals surface area contributed by atoms with Gasteiger partial charge in [0.2, 0.25) is 11.8 Å². The highest BCUT2D eigenvalue weighted by Crippen LogP contribution is 2.35. The van der Waals surface area contributed by atoms with Crippen molar-refractivity contribution in [1.29, 1.82) is 0 Å². The van der Waals surface area contributed by atoms with Gasteiger partial charge in [0.1, 0.15) is 17.9 Å². The van der Waals surface area contributed by atoms with Crippen LogP contribution in [0, 0.1) is 5.92 Å². The Morgan fingerprint density at radius 3 is 2.44 bits per heavy atom. The molecule has 10 nitrogen and oxygen atoms in total. The van der Waals surface area contributed by atoms with Gasteiger partial charge in [0.05, 0.1) is 5.56 Å². The third-order valence-electron chi connectivity index (χ3n) is 8.51. The summed E-state index contributed by atoms with van der Waals surface area (Å²) in [7, 11) is 0. The van der Waals surface area contributed by atoms with Gasteiger partial charge in [-0.05, 0) is 66.8 Å². The van der Waals surface area contributed by atoms with Crippen LogP contribution in [-0.2, 0) is 30.5 Å². The van der Waals surface area contributed by atoms with Crippen LogP contribution in [-0.4, -0.2) is 75.9 Å². The molecule has 2 N–H and O–H groups in total. The summed E-state index contributed by atoms with van der Waals surface area (Å²) in [4.78, 5) is 39.4. The summed E-state index contributed by atoms with van der Waals surface area (Å²) in [5.41, 5.74) is 1.48. The van der Waals surface area contributed by atoms with Crippen LogP contribution in [0.25, 0.3) is 0 Å². The Kier molecular flexibility index (Phi) is 8.90. The van der Waals surface area contributed by atoms with Crippen molar-refractivity contribution in [3.05, 3.63) is 71.0 Å². The van der Waals surface area contributed by atoms with E-state index in [0.29, 0.717) is 37.6 Å². The van der Waals surface area contributed by atoms with Gasteiger partial charge in [0, 0.05) is 63.5 Å². The van der Waals surface area contributed by atoms with Gasteiger partial charge in [0.15, 0.2) is 0 Å². The number of rotatable bonds is 8. The van der Waals surface area contributed by atoms with Crippen molar-refractivity contribution in [2.24, 2.45) is 5.92 Å². The van der Waals surface area contributed by atoms with E-state index in [1.165, 1.54) is 18.5 Å². The zero-order valence-corrected chi connectivity index (χ0v) is 25.1. The number of likely N-dealkylation sites (N-methyl/N-ethyl adjacent to an activating group) is 1. The first-order chi connectivity index (χ1) is 21.6. The number of anilines is 2. The SMILES string of the molecule is CCN1CCN(Cc2ccc(NC(=O)N3CCc4ccc(Oc5cc(NC(=O)C6CC6)ncn5)cc4C3)cc2C(F)(F)F)CC1. The Labute approximate surface area is 259 Å². The zero-order valence-electron chi connectivity index (χ0n) is 25.1. The molecule has 6 rings (SSSR count). The number of carbonyl (C=O) groups is 2. The molecule has 0 radical (unpaired) electrons. The van der Waals surface area contributed by atoms with Gasteiger partial charge in [-0.15, -0.1) is 0 Å². The molecule has 45 heavy (non-hydrogen) atoms. The van der Waals surface area contributed by atoms with Gasteiger partial charge in [0.25, 0.3) is 0 Å². The second-order valence-electron chi connectivity index (χ2n) is 11.7. The summed E-state index contributed by atoms with van der Waals surface area (Å²) in [5, 5.41) is 5.44. The van der Waals surface area contributed by atoms with Gasteiger partial charge in [-0.2, -0.15) is 13.2 Å². The largest absolute Gasteiger partial charge is 0.439 e. The number of nitrogens with one attached hydrogen (secondary N) is 2. The van der Waals surface area contributed by atoms with Crippen LogP contribution in [0.2, 0.25) is 0 Å². The molecule has 2 aliphatic heterocycles. The van der Waals surface area contributed by atoms with Crippen LogP contribution in [0.15, 0.2) is 48.8 Å². The van der Waals surface area contributed by atoms with Gasteiger partial charge < -0.3 is 25.2 Å². The van der Waals surface area contributed by atoms with Gasteiger partial charge >= 0.3 is 12.2 Å². The minimum Gasteiger partial charge on any atom is -0.439 e. The lowest BCUT2D eigenvalue weighted by atomic mass is 9.99. The fraction of sp³-hybridized carbons (Fsp3) is 0.438. The number of halogens is 3. The maximum absolute atomic E-state index is 14.1. The molecule has 1 aliphatic carbocycles. The number of urea groups is 1. The van der Waals surface area contributed by atoms with Crippen molar-refractivity contribution in [2.45, 2.75) is 45.5 Å². The molecule has 1 saturated carbocycles. The molecular weight excluding hydrogens is 587 g/mol. The van der Waals surface area contributed by atoms with Crippen LogP contribution >= 0.6 is 0 Å². The smallest absolute Gasteiger partial charge is 0.416 e. The van der Waals surface area contributed by atoms with Crippen LogP contribution < -0.4 is 15.4 Å². The minimum atomic E-state index is -4.55. The van der Waals surface area contributed by atoms with Crippen molar-refractivity contribution < 1.29 is 27.5 Å². The number of hydrogen-bond acceptors (Lipinski definition) is 7. The second kappa shape index (κ2) is 13.0. The number of piperazine rings is 1. The molecule has 0 atom stereocenters. The summed E-state index contributed by atoms with van der Waals surface area (Å²) in [6, 6.07) is 10.7. The number of benzene rings is 2. The van der Waals surface area contributed by atoms with E-state index in [2.05, 4.69) is 32.4 Å². The number of ether oxygens (including phenoxy) is 1. The maximum Gasteiger partial charge on any atom is 0.416 e. The van der Waals surface area contributed by atoms with E-state index in [4.69, 9.17) is 4.74 Å². The number of fused-ring (bicyclic) bond motifs is 1. The lowest BCUT2D eigenvalue weighted by molar-refractivity contribution is -0.138. The maximum atomic E-state index is 14.1.